The Balaban J connectivity index is 1.37. The van der Waals surface area contributed by atoms with Crippen LogP contribution in [0.5, 0.6) is 0 Å². The summed E-state index contributed by atoms with van der Waals surface area (Å²) in [7, 11) is 0. The third kappa shape index (κ3) is 13.6. The van der Waals surface area contributed by atoms with E-state index in [4.69, 9.17) is 9.47 Å². The van der Waals surface area contributed by atoms with Gasteiger partial charge in [-0.3, -0.25) is 0 Å². The van der Waals surface area contributed by atoms with E-state index in [2.05, 4.69) is 49.0 Å². The number of unbranched alkanes of at least 4 members (excludes halogenated alkanes) is 16. The van der Waals surface area contributed by atoms with Gasteiger partial charge in [-0.15, -0.1) is 0 Å². The quantitative estimate of drug-likeness (QED) is 0.107. The van der Waals surface area contributed by atoms with E-state index in [0.29, 0.717) is 13.2 Å². The molecule has 0 atom stereocenters. The number of ether oxygens (including phenoxy) is 2. The van der Waals surface area contributed by atoms with E-state index in [1.165, 1.54) is 108 Å². The fraction of sp³-hybridized carbons (Fsp3) is 0.774. The molecule has 1 fully saturated rings. The van der Waals surface area contributed by atoms with Gasteiger partial charge in [-0.1, -0.05) is 116 Å². The van der Waals surface area contributed by atoms with Crippen molar-refractivity contribution in [3.63, 3.8) is 0 Å². The Hall–Kier alpha value is -1.19. The number of allylic oxidation sites excluding steroid dienone is 1. The summed E-state index contributed by atoms with van der Waals surface area (Å²) >= 11 is 0. The third-order valence-corrected chi connectivity index (χ3v) is 7.00. The Labute approximate surface area is 211 Å². The minimum absolute atomic E-state index is 0.219. The predicted molar refractivity (Wildman–Crippen MR) is 144 cm³/mol. The Morgan fingerprint density at radius 1 is 0.676 bits per heavy atom. The minimum atomic E-state index is -0.219. The molecule has 0 aliphatic carbocycles. The van der Waals surface area contributed by atoms with Crippen LogP contribution >= 0.6 is 0 Å². The van der Waals surface area contributed by atoms with Crippen LogP contribution in [-0.4, -0.2) is 13.2 Å². The second kappa shape index (κ2) is 20.0. The van der Waals surface area contributed by atoms with Gasteiger partial charge in [-0.25, -0.2) is 4.57 Å². The van der Waals surface area contributed by atoms with Crippen molar-refractivity contribution in [2.24, 2.45) is 0 Å². The van der Waals surface area contributed by atoms with Crippen molar-refractivity contribution in [3.05, 3.63) is 41.7 Å². The molecule has 3 nitrogen and oxygen atoms in total. The first-order valence-corrected chi connectivity index (χ1v) is 14.7. The van der Waals surface area contributed by atoms with Crippen LogP contribution < -0.4 is 4.57 Å². The van der Waals surface area contributed by atoms with Crippen LogP contribution in [0.25, 0.3) is 0 Å². The average Bonchev–Trinajstić information content (AvgIpc) is 2.87. The van der Waals surface area contributed by atoms with Gasteiger partial charge in [0, 0.05) is 24.1 Å². The fourth-order valence-electron chi connectivity index (χ4n) is 4.80. The summed E-state index contributed by atoms with van der Waals surface area (Å²) in [5.41, 5.74) is 2.42. The zero-order chi connectivity index (χ0) is 24.1. The number of rotatable bonds is 20. The van der Waals surface area contributed by atoms with Crippen LogP contribution in [0.4, 0.5) is 0 Å². The number of hydrogen-bond donors (Lipinski definition) is 0. The minimum Gasteiger partial charge on any atom is -0.344 e. The highest BCUT2D eigenvalue weighted by Gasteiger charge is 2.20. The number of pyridine rings is 1. The van der Waals surface area contributed by atoms with Crippen molar-refractivity contribution in [1.29, 1.82) is 0 Å². The normalized spacial score (nSPS) is 16.2. The highest BCUT2D eigenvalue weighted by Crippen LogP contribution is 2.24. The number of hydrogen-bond acceptors (Lipinski definition) is 2. The van der Waals surface area contributed by atoms with E-state index in [1.807, 2.05) is 0 Å². The van der Waals surface area contributed by atoms with E-state index in [1.54, 1.807) is 0 Å². The smallest absolute Gasteiger partial charge is 0.185 e. The lowest BCUT2D eigenvalue weighted by molar-refractivity contribution is -0.697. The zero-order valence-corrected chi connectivity index (χ0v) is 22.6. The molecule has 2 rings (SSSR count). The molecule has 34 heavy (non-hydrogen) atoms. The van der Waals surface area contributed by atoms with Gasteiger partial charge in [0.25, 0.3) is 0 Å². The maximum absolute atomic E-state index is 5.96. The van der Waals surface area contributed by atoms with Crippen molar-refractivity contribution in [1.82, 2.24) is 0 Å². The van der Waals surface area contributed by atoms with Crippen molar-refractivity contribution < 1.29 is 14.0 Å². The SMILES string of the molecule is CCCCCCCCCCCCCCCCCCC=C1COC(c2cc[n+](CCC)cc2)OC1. The molecule has 0 radical (unpaired) electrons. The lowest BCUT2D eigenvalue weighted by Crippen LogP contribution is -2.32. The predicted octanol–water partition coefficient (Wildman–Crippen LogP) is 9.01. The molecule has 0 aromatic carbocycles. The molecule has 0 bridgehead atoms. The molecule has 194 valence electrons. The molecule has 1 aromatic rings. The van der Waals surface area contributed by atoms with Gasteiger partial charge < -0.3 is 9.47 Å². The molecule has 1 aliphatic heterocycles. The van der Waals surface area contributed by atoms with Crippen molar-refractivity contribution in [2.75, 3.05) is 13.2 Å². The summed E-state index contributed by atoms with van der Waals surface area (Å²) in [4.78, 5) is 0. The Morgan fingerprint density at radius 3 is 1.62 bits per heavy atom. The maximum atomic E-state index is 5.96. The molecule has 1 aromatic heterocycles. The summed E-state index contributed by atoms with van der Waals surface area (Å²) in [6.07, 6.45) is 31.4. The van der Waals surface area contributed by atoms with Crippen LogP contribution in [0.3, 0.4) is 0 Å². The van der Waals surface area contributed by atoms with E-state index in [0.717, 1.165) is 24.9 Å². The van der Waals surface area contributed by atoms with Gasteiger partial charge in [0.15, 0.2) is 18.7 Å². The van der Waals surface area contributed by atoms with Crippen molar-refractivity contribution in [2.45, 2.75) is 142 Å². The molecule has 0 amide bonds. The zero-order valence-electron chi connectivity index (χ0n) is 22.6. The summed E-state index contributed by atoms with van der Waals surface area (Å²) in [5, 5.41) is 0. The summed E-state index contributed by atoms with van der Waals surface area (Å²) in [6, 6.07) is 4.23. The monoisotopic (exact) mass is 472 g/mol. The Kier molecular flexibility index (Phi) is 17.1. The van der Waals surface area contributed by atoms with E-state index >= 15 is 0 Å². The molecular weight excluding hydrogens is 418 g/mol. The molecule has 1 saturated heterocycles. The molecule has 0 unspecified atom stereocenters. The second-order valence-electron chi connectivity index (χ2n) is 10.3. The average molecular weight is 473 g/mol. The summed E-state index contributed by atoms with van der Waals surface area (Å²) in [6.45, 7) is 6.95. The summed E-state index contributed by atoms with van der Waals surface area (Å²) in [5.74, 6) is 0. The third-order valence-electron chi connectivity index (χ3n) is 7.00. The van der Waals surface area contributed by atoms with Crippen LogP contribution in [-0.2, 0) is 16.0 Å². The topological polar surface area (TPSA) is 22.3 Å². The number of aryl methyl sites for hydroxylation is 1. The fourth-order valence-corrected chi connectivity index (χ4v) is 4.80. The highest BCUT2D eigenvalue weighted by molar-refractivity contribution is 5.12. The number of aromatic nitrogens is 1. The van der Waals surface area contributed by atoms with Crippen LogP contribution in [0.15, 0.2) is 36.2 Å². The molecule has 0 saturated carbocycles. The van der Waals surface area contributed by atoms with Crippen molar-refractivity contribution in [3.8, 4) is 0 Å². The van der Waals surface area contributed by atoms with E-state index < -0.39 is 0 Å². The Morgan fingerprint density at radius 2 is 1.15 bits per heavy atom. The van der Waals surface area contributed by atoms with Crippen LogP contribution in [0, 0.1) is 0 Å². The molecule has 2 heterocycles. The van der Waals surface area contributed by atoms with Gasteiger partial charge in [0.1, 0.15) is 6.54 Å². The standard InChI is InChI=1S/C31H54NO2/c1-3-5-6-7-8-9-10-11-12-13-14-15-16-17-18-19-20-21-29-27-33-31(34-28-29)30-22-25-32(24-4-2)26-23-30/h21-23,25-26,31H,3-20,24,27-28H2,1-2H3/q+1. The molecule has 3 heteroatoms. The second-order valence-corrected chi connectivity index (χ2v) is 10.3. The van der Waals surface area contributed by atoms with Gasteiger partial charge in [0.2, 0.25) is 0 Å². The highest BCUT2D eigenvalue weighted by atomic mass is 16.7. The summed E-state index contributed by atoms with van der Waals surface area (Å²) < 4.78 is 14.1. The molecule has 0 N–H and O–H groups in total. The Bertz CT molecular complexity index is 615. The first-order chi connectivity index (χ1) is 16.8. The van der Waals surface area contributed by atoms with Crippen LogP contribution in [0.1, 0.15) is 141 Å². The van der Waals surface area contributed by atoms with Gasteiger partial charge in [-0.05, 0) is 18.4 Å². The molecule has 0 spiro atoms. The van der Waals surface area contributed by atoms with Crippen LogP contribution in [0.2, 0.25) is 0 Å². The first kappa shape index (κ1) is 29.0. The van der Waals surface area contributed by atoms with Gasteiger partial charge in [0.05, 0.1) is 13.2 Å². The number of nitrogens with zero attached hydrogens (tertiary/aromatic N) is 1. The van der Waals surface area contributed by atoms with Gasteiger partial charge in [-0.2, -0.15) is 0 Å². The lowest BCUT2D eigenvalue weighted by atomic mass is 10.0. The molecule has 1 aliphatic rings. The first-order valence-electron chi connectivity index (χ1n) is 14.7. The van der Waals surface area contributed by atoms with Gasteiger partial charge >= 0.3 is 0 Å². The molecular formula is C31H54NO2+. The van der Waals surface area contributed by atoms with E-state index in [9.17, 15) is 0 Å². The van der Waals surface area contributed by atoms with E-state index in [-0.39, 0.29) is 6.29 Å². The van der Waals surface area contributed by atoms with Crippen molar-refractivity contribution >= 4 is 0 Å². The maximum Gasteiger partial charge on any atom is 0.185 e. The largest absolute Gasteiger partial charge is 0.344 e. The lowest BCUT2D eigenvalue weighted by Gasteiger charge is -2.25.